The van der Waals surface area contributed by atoms with Crippen LogP contribution in [-0.4, -0.2) is 77.3 Å². The molecule has 0 radical (unpaired) electrons. The number of aromatic nitrogens is 1. The molecular formula is C18H26N4O2. The zero-order chi connectivity index (χ0) is 16.9. The van der Waals surface area contributed by atoms with E-state index in [1.54, 1.807) is 6.20 Å². The molecule has 24 heavy (non-hydrogen) atoms. The first kappa shape index (κ1) is 16.9. The minimum absolute atomic E-state index is 0.0320. The van der Waals surface area contributed by atoms with E-state index >= 15 is 0 Å². The standard InChI is InChI=1S/C18H26N4O2/c1-15-5-6-16(13-19-15)18(24)22-11-9-20(10-12-22)14-17(23)21-7-3-2-4-8-21/h5-6,13H,2-4,7-12,14H2,1H3. The van der Waals surface area contributed by atoms with Crippen molar-refractivity contribution in [1.82, 2.24) is 19.7 Å². The van der Waals surface area contributed by atoms with Crippen molar-refractivity contribution in [3.8, 4) is 0 Å². The highest BCUT2D eigenvalue weighted by molar-refractivity contribution is 5.94. The van der Waals surface area contributed by atoms with Crippen molar-refractivity contribution in [2.24, 2.45) is 0 Å². The second-order valence-electron chi connectivity index (χ2n) is 6.70. The first-order chi connectivity index (χ1) is 11.6. The van der Waals surface area contributed by atoms with Crippen LogP contribution in [0.25, 0.3) is 0 Å². The second-order valence-corrected chi connectivity index (χ2v) is 6.70. The molecule has 2 aliphatic heterocycles. The maximum atomic E-state index is 12.5. The van der Waals surface area contributed by atoms with Gasteiger partial charge in [-0.15, -0.1) is 0 Å². The number of nitrogens with zero attached hydrogens (tertiary/aromatic N) is 4. The topological polar surface area (TPSA) is 56.8 Å². The summed E-state index contributed by atoms with van der Waals surface area (Å²) in [6.07, 6.45) is 5.12. The SMILES string of the molecule is Cc1ccc(C(=O)N2CCN(CC(=O)N3CCCCC3)CC2)cn1. The largest absolute Gasteiger partial charge is 0.342 e. The van der Waals surface area contributed by atoms with Crippen LogP contribution in [0, 0.1) is 6.92 Å². The predicted molar refractivity (Wildman–Crippen MR) is 91.7 cm³/mol. The van der Waals surface area contributed by atoms with Crippen molar-refractivity contribution in [3.63, 3.8) is 0 Å². The summed E-state index contributed by atoms with van der Waals surface area (Å²) < 4.78 is 0. The van der Waals surface area contributed by atoms with Crippen LogP contribution in [0.2, 0.25) is 0 Å². The predicted octanol–water partition coefficient (Wildman–Crippen LogP) is 1.16. The fourth-order valence-electron chi connectivity index (χ4n) is 3.32. The monoisotopic (exact) mass is 330 g/mol. The van der Waals surface area contributed by atoms with Gasteiger partial charge in [0.15, 0.2) is 0 Å². The fraction of sp³-hybridized carbons (Fsp3) is 0.611. The number of aryl methyl sites for hydroxylation is 1. The smallest absolute Gasteiger partial charge is 0.255 e. The van der Waals surface area contributed by atoms with Crippen molar-refractivity contribution < 1.29 is 9.59 Å². The Labute approximate surface area is 143 Å². The van der Waals surface area contributed by atoms with E-state index in [4.69, 9.17) is 0 Å². The number of piperazine rings is 1. The van der Waals surface area contributed by atoms with Gasteiger partial charge in [-0.25, -0.2) is 0 Å². The Hall–Kier alpha value is -1.95. The van der Waals surface area contributed by atoms with E-state index in [0.29, 0.717) is 25.2 Å². The lowest BCUT2D eigenvalue weighted by molar-refractivity contribution is -0.133. The van der Waals surface area contributed by atoms with E-state index in [9.17, 15) is 9.59 Å². The van der Waals surface area contributed by atoms with Gasteiger partial charge >= 0.3 is 0 Å². The summed E-state index contributed by atoms with van der Waals surface area (Å²) in [5, 5.41) is 0. The van der Waals surface area contributed by atoms with Gasteiger partial charge in [-0.3, -0.25) is 19.5 Å². The van der Waals surface area contributed by atoms with Gasteiger partial charge in [-0.2, -0.15) is 0 Å². The molecule has 2 fully saturated rings. The first-order valence-electron chi connectivity index (χ1n) is 8.85. The van der Waals surface area contributed by atoms with E-state index < -0.39 is 0 Å². The van der Waals surface area contributed by atoms with Crippen LogP contribution in [0.15, 0.2) is 18.3 Å². The molecule has 0 bridgehead atoms. The molecule has 0 unspecified atom stereocenters. The number of pyridine rings is 1. The molecule has 1 aromatic heterocycles. The average molecular weight is 330 g/mol. The molecule has 0 saturated carbocycles. The number of carbonyl (C=O) groups excluding carboxylic acids is 2. The Morgan fingerprint density at radius 3 is 2.29 bits per heavy atom. The molecule has 0 aromatic carbocycles. The summed E-state index contributed by atoms with van der Waals surface area (Å²) in [6.45, 7) is 7.03. The van der Waals surface area contributed by atoms with Crippen LogP contribution in [0.4, 0.5) is 0 Å². The summed E-state index contributed by atoms with van der Waals surface area (Å²) in [5.41, 5.74) is 1.55. The number of carbonyl (C=O) groups is 2. The number of hydrogen-bond acceptors (Lipinski definition) is 4. The summed E-state index contributed by atoms with van der Waals surface area (Å²) >= 11 is 0. The molecule has 3 heterocycles. The van der Waals surface area contributed by atoms with Gasteiger partial charge in [0.05, 0.1) is 12.1 Å². The quantitative estimate of drug-likeness (QED) is 0.834. The number of likely N-dealkylation sites (tertiary alicyclic amines) is 1. The normalized spacial score (nSPS) is 19.4. The molecule has 0 spiro atoms. The lowest BCUT2D eigenvalue weighted by atomic mass is 10.1. The van der Waals surface area contributed by atoms with E-state index in [-0.39, 0.29) is 11.8 Å². The highest BCUT2D eigenvalue weighted by Gasteiger charge is 2.25. The third kappa shape index (κ3) is 4.12. The third-order valence-electron chi connectivity index (χ3n) is 4.89. The Morgan fingerprint density at radius 1 is 0.958 bits per heavy atom. The number of rotatable bonds is 3. The molecule has 6 nitrogen and oxygen atoms in total. The lowest BCUT2D eigenvalue weighted by Crippen LogP contribution is -2.52. The van der Waals surface area contributed by atoms with E-state index in [0.717, 1.165) is 44.7 Å². The number of piperidine rings is 1. The van der Waals surface area contributed by atoms with Gasteiger partial charge in [0.25, 0.3) is 5.91 Å². The molecular weight excluding hydrogens is 304 g/mol. The zero-order valence-electron chi connectivity index (χ0n) is 14.4. The van der Waals surface area contributed by atoms with Crippen molar-refractivity contribution in [2.45, 2.75) is 26.2 Å². The van der Waals surface area contributed by atoms with Gasteiger partial charge in [-0.05, 0) is 38.3 Å². The van der Waals surface area contributed by atoms with Gasteiger partial charge in [0, 0.05) is 51.2 Å². The van der Waals surface area contributed by atoms with Gasteiger partial charge in [-0.1, -0.05) is 0 Å². The molecule has 0 atom stereocenters. The van der Waals surface area contributed by atoms with Crippen LogP contribution in [-0.2, 0) is 4.79 Å². The highest BCUT2D eigenvalue weighted by atomic mass is 16.2. The molecule has 6 heteroatoms. The molecule has 0 N–H and O–H groups in total. The summed E-state index contributed by atoms with van der Waals surface area (Å²) in [5.74, 6) is 0.265. The van der Waals surface area contributed by atoms with Crippen LogP contribution in [0.3, 0.4) is 0 Å². The summed E-state index contributed by atoms with van der Waals surface area (Å²) in [6, 6.07) is 3.69. The lowest BCUT2D eigenvalue weighted by Gasteiger charge is -2.36. The third-order valence-corrected chi connectivity index (χ3v) is 4.89. The minimum Gasteiger partial charge on any atom is -0.342 e. The van der Waals surface area contributed by atoms with Crippen molar-refractivity contribution in [2.75, 3.05) is 45.8 Å². The zero-order valence-corrected chi connectivity index (χ0v) is 14.4. The fourth-order valence-corrected chi connectivity index (χ4v) is 3.32. The Morgan fingerprint density at radius 2 is 1.67 bits per heavy atom. The summed E-state index contributed by atoms with van der Waals surface area (Å²) in [4.78, 5) is 35.0. The molecule has 3 rings (SSSR count). The van der Waals surface area contributed by atoms with Crippen LogP contribution in [0.5, 0.6) is 0 Å². The van der Waals surface area contributed by atoms with E-state index in [2.05, 4.69) is 9.88 Å². The molecule has 2 saturated heterocycles. The molecule has 130 valence electrons. The average Bonchev–Trinajstić information content (AvgIpc) is 2.63. The second kappa shape index (κ2) is 7.75. The number of hydrogen-bond donors (Lipinski definition) is 0. The molecule has 2 aliphatic rings. The molecule has 0 aliphatic carbocycles. The first-order valence-corrected chi connectivity index (χ1v) is 8.85. The molecule has 2 amide bonds. The van der Waals surface area contributed by atoms with Gasteiger partial charge in [0.1, 0.15) is 0 Å². The van der Waals surface area contributed by atoms with Gasteiger partial charge < -0.3 is 9.80 Å². The highest BCUT2D eigenvalue weighted by Crippen LogP contribution is 2.11. The number of amides is 2. The van der Waals surface area contributed by atoms with Crippen LogP contribution < -0.4 is 0 Å². The van der Waals surface area contributed by atoms with Gasteiger partial charge in [0.2, 0.25) is 5.91 Å². The van der Waals surface area contributed by atoms with Crippen LogP contribution >= 0.6 is 0 Å². The minimum atomic E-state index is 0.0320. The van der Waals surface area contributed by atoms with Crippen LogP contribution in [0.1, 0.15) is 35.3 Å². The Bertz CT molecular complexity index is 573. The maximum Gasteiger partial charge on any atom is 0.255 e. The van der Waals surface area contributed by atoms with Crippen molar-refractivity contribution in [1.29, 1.82) is 0 Å². The van der Waals surface area contributed by atoms with E-state index in [1.165, 1.54) is 6.42 Å². The van der Waals surface area contributed by atoms with Crippen molar-refractivity contribution in [3.05, 3.63) is 29.6 Å². The Balaban J connectivity index is 1.47. The Kier molecular flexibility index (Phi) is 5.45. The molecule has 1 aromatic rings. The maximum absolute atomic E-state index is 12.5. The van der Waals surface area contributed by atoms with E-state index in [1.807, 2.05) is 28.9 Å². The summed E-state index contributed by atoms with van der Waals surface area (Å²) in [7, 11) is 0. The van der Waals surface area contributed by atoms with Crippen molar-refractivity contribution >= 4 is 11.8 Å².